The number of aromatic nitrogens is 4. The molecule has 0 bridgehead atoms. The number of imidazole rings is 1. The molecule has 0 radical (unpaired) electrons. The van der Waals surface area contributed by atoms with E-state index in [1.54, 1.807) is 10.9 Å². The summed E-state index contributed by atoms with van der Waals surface area (Å²) in [5.74, 6) is 0.0475. The van der Waals surface area contributed by atoms with Gasteiger partial charge in [-0.25, -0.2) is 13.4 Å². The number of aryl methyl sites for hydroxylation is 1. The molecule has 0 aliphatic carbocycles. The fourth-order valence-corrected chi connectivity index (χ4v) is 2.19. The number of hydrogen-bond donors (Lipinski definition) is 2. The largest absolute Gasteiger partial charge is 0.396 e. The number of rotatable bonds is 5. The van der Waals surface area contributed by atoms with Gasteiger partial charge in [-0.15, -0.1) is 0 Å². The summed E-state index contributed by atoms with van der Waals surface area (Å²) >= 11 is 0. The smallest absolute Gasteiger partial charge is 0.250 e. The third-order valence-corrected chi connectivity index (χ3v) is 3.45. The van der Waals surface area contributed by atoms with Crippen LogP contribution in [0, 0.1) is 0 Å². The van der Waals surface area contributed by atoms with Crippen molar-refractivity contribution in [1.29, 1.82) is 0 Å². The van der Waals surface area contributed by atoms with E-state index in [9.17, 15) is 8.42 Å². The van der Waals surface area contributed by atoms with Gasteiger partial charge in [0.2, 0.25) is 9.84 Å². The Morgan fingerprint density at radius 3 is 2.74 bits per heavy atom. The van der Waals surface area contributed by atoms with Crippen LogP contribution in [0.1, 0.15) is 12.8 Å². The number of unbranched alkanes of at least 4 members (excludes halogenated alkanes) is 1. The van der Waals surface area contributed by atoms with E-state index in [2.05, 4.69) is 15.0 Å². The SMILES string of the molecule is CS(=O)(=O)c1nc(N)c2ncn(CCCCO)c2n1. The summed E-state index contributed by atoms with van der Waals surface area (Å²) in [6.07, 6.45) is 3.96. The standard InChI is InChI=1S/C10H15N5O3S/c1-19(17,18)10-13-8(11)7-9(14-10)15(6-12-7)4-2-3-5-16/h6,16H,2-5H2,1H3,(H2,11,13,14). The maximum Gasteiger partial charge on any atom is 0.250 e. The molecule has 2 aromatic rings. The van der Waals surface area contributed by atoms with Crippen molar-refractivity contribution in [3.8, 4) is 0 Å². The van der Waals surface area contributed by atoms with Crippen molar-refractivity contribution in [2.45, 2.75) is 24.5 Å². The number of aliphatic hydroxyl groups is 1. The zero-order valence-electron chi connectivity index (χ0n) is 10.4. The van der Waals surface area contributed by atoms with Gasteiger partial charge in [-0.3, -0.25) is 0 Å². The summed E-state index contributed by atoms with van der Waals surface area (Å²) in [6, 6.07) is 0. The molecule has 0 amide bonds. The lowest BCUT2D eigenvalue weighted by Crippen LogP contribution is -2.08. The quantitative estimate of drug-likeness (QED) is 0.565. The van der Waals surface area contributed by atoms with Crippen molar-refractivity contribution >= 4 is 26.8 Å². The van der Waals surface area contributed by atoms with Gasteiger partial charge in [-0.05, 0) is 12.8 Å². The first-order valence-electron chi connectivity index (χ1n) is 5.72. The minimum absolute atomic E-state index is 0.0475. The van der Waals surface area contributed by atoms with Gasteiger partial charge < -0.3 is 15.4 Å². The van der Waals surface area contributed by atoms with Crippen LogP contribution in [-0.2, 0) is 16.4 Å². The molecule has 3 N–H and O–H groups in total. The normalized spacial score (nSPS) is 12.1. The van der Waals surface area contributed by atoms with Crippen LogP contribution < -0.4 is 5.73 Å². The molecule has 2 rings (SSSR count). The molecule has 0 aliphatic heterocycles. The Morgan fingerprint density at radius 1 is 1.37 bits per heavy atom. The Bertz CT molecular complexity index is 694. The van der Waals surface area contributed by atoms with E-state index in [1.807, 2.05) is 0 Å². The third-order valence-electron chi connectivity index (χ3n) is 2.61. The maximum absolute atomic E-state index is 11.5. The second-order valence-electron chi connectivity index (χ2n) is 4.20. The van der Waals surface area contributed by atoms with E-state index in [4.69, 9.17) is 10.8 Å². The zero-order chi connectivity index (χ0) is 14.0. The van der Waals surface area contributed by atoms with Gasteiger partial charge in [0, 0.05) is 19.4 Å². The third kappa shape index (κ3) is 2.82. The Morgan fingerprint density at radius 2 is 2.11 bits per heavy atom. The molecule has 0 spiro atoms. The fraction of sp³-hybridized carbons (Fsp3) is 0.500. The van der Waals surface area contributed by atoms with E-state index in [-0.39, 0.29) is 17.6 Å². The highest BCUT2D eigenvalue weighted by molar-refractivity contribution is 7.90. The van der Waals surface area contributed by atoms with E-state index in [0.717, 1.165) is 12.7 Å². The predicted octanol–water partition coefficient (Wildman–Crippen LogP) is -0.416. The molecule has 0 unspecified atom stereocenters. The highest BCUT2D eigenvalue weighted by atomic mass is 32.2. The Labute approximate surface area is 110 Å². The van der Waals surface area contributed by atoms with Crippen LogP contribution in [0.3, 0.4) is 0 Å². The second kappa shape index (κ2) is 5.10. The van der Waals surface area contributed by atoms with Crippen molar-refractivity contribution in [3.05, 3.63) is 6.33 Å². The molecule has 0 saturated heterocycles. The van der Waals surface area contributed by atoms with E-state index < -0.39 is 9.84 Å². The van der Waals surface area contributed by atoms with Crippen LogP contribution in [0.4, 0.5) is 5.82 Å². The number of nitrogens with two attached hydrogens (primary N) is 1. The predicted molar refractivity (Wildman–Crippen MR) is 69.2 cm³/mol. The highest BCUT2D eigenvalue weighted by Gasteiger charge is 2.17. The minimum atomic E-state index is -3.52. The van der Waals surface area contributed by atoms with Crippen molar-refractivity contribution in [1.82, 2.24) is 19.5 Å². The van der Waals surface area contributed by atoms with Crippen LogP contribution >= 0.6 is 0 Å². The van der Waals surface area contributed by atoms with E-state index in [0.29, 0.717) is 24.1 Å². The molecular weight excluding hydrogens is 270 g/mol. The van der Waals surface area contributed by atoms with Gasteiger partial charge in [0.25, 0.3) is 5.16 Å². The molecule has 9 heteroatoms. The number of hydrogen-bond acceptors (Lipinski definition) is 7. The number of sulfone groups is 1. The first kappa shape index (κ1) is 13.7. The first-order chi connectivity index (χ1) is 8.93. The fourth-order valence-electron chi connectivity index (χ4n) is 1.67. The first-order valence-corrected chi connectivity index (χ1v) is 7.62. The molecule has 0 saturated carbocycles. The lowest BCUT2D eigenvalue weighted by molar-refractivity contribution is 0.281. The number of anilines is 1. The van der Waals surface area contributed by atoms with E-state index >= 15 is 0 Å². The Kier molecular flexibility index (Phi) is 3.67. The Hall–Kier alpha value is -1.74. The molecule has 8 nitrogen and oxygen atoms in total. The summed E-state index contributed by atoms with van der Waals surface area (Å²) < 4.78 is 24.7. The van der Waals surface area contributed by atoms with Crippen LogP contribution in [0.5, 0.6) is 0 Å². The van der Waals surface area contributed by atoms with Gasteiger partial charge >= 0.3 is 0 Å². The van der Waals surface area contributed by atoms with Crippen LogP contribution in [-0.4, -0.2) is 45.9 Å². The number of aliphatic hydroxyl groups excluding tert-OH is 1. The summed E-state index contributed by atoms with van der Waals surface area (Å²) in [5, 5.41) is 8.45. The average molecular weight is 285 g/mol. The average Bonchev–Trinajstić information content (AvgIpc) is 2.72. The molecule has 0 atom stereocenters. The second-order valence-corrected chi connectivity index (χ2v) is 6.11. The van der Waals surface area contributed by atoms with Crippen molar-refractivity contribution in [2.24, 2.45) is 0 Å². The van der Waals surface area contributed by atoms with Crippen LogP contribution in [0.2, 0.25) is 0 Å². The molecule has 2 aromatic heterocycles. The van der Waals surface area contributed by atoms with Gasteiger partial charge in [-0.2, -0.15) is 9.97 Å². The molecule has 0 aliphatic rings. The minimum Gasteiger partial charge on any atom is -0.396 e. The van der Waals surface area contributed by atoms with Gasteiger partial charge in [0.1, 0.15) is 5.52 Å². The number of nitrogens with zero attached hydrogens (tertiary/aromatic N) is 4. The van der Waals surface area contributed by atoms with Crippen molar-refractivity contribution < 1.29 is 13.5 Å². The lowest BCUT2D eigenvalue weighted by Gasteiger charge is -2.04. The highest BCUT2D eigenvalue weighted by Crippen LogP contribution is 2.18. The van der Waals surface area contributed by atoms with Crippen molar-refractivity contribution in [2.75, 3.05) is 18.6 Å². The number of fused-ring (bicyclic) bond motifs is 1. The summed E-state index contributed by atoms with van der Waals surface area (Å²) in [7, 11) is -3.52. The monoisotopic (exact) mass is 285 g/mol. The molecule has 104 valence electrons. The number of nitrogen functional groups attached to an aromatic ring is 1. The maximum atomic E-state index is 11.5. The Balaban J connectivity index is 2.48. The summed E-state index contributed by atoms with van der Waals surface area (Å²) in [6.45, 7) is 0.690. The van der Waals surface area contributed by atoms with Crippen molar-refractivity contribution in [3.63, 3.8) is 0 Å². The summed E-state index contributed by atoms with van der Waals surface area (Å²) in [5.41, 5.74) is 6.47. The molecular formula is C10H15N5O3S. The molecule has 19 heavy (non-hydrogen) atoms. The molecule has 2 heterocycles. The summed E-state index contributed by atoms with van der Waals surface area (Å²) in [4.78, 5) is 11.8. The molecule has 0 fully saturated rings. The lowest BCUT2D eigenvalue weighted by atomic mass is 10.3. The molecule has 0 aromatic carbocycles. The topological polar surface area (TPSA) is 124 Å². The van der Waals surface area contributed by atoms with Gasteiger partial charge in [-0.1, -0.05) is 0 Å². The van der Waals surface area contributed by atoms with Gasteiger partial charge in [0.05, 0.1) is 6.33 Å². The van der Waals surface area contributed by atoms with Crippen LogP contribution in [0.15, 0.2) is 11.5 Å². The van der Waals surface area contributed by atoms with E-state index in [1.165, 1.54) is 0 Å². The van der Waals surface area contributed by atoms with Gasteiger partial charge in [0.15, 0.2) is 11.5 Å². The zero-order valence-corrected chi connectivity index (χ0v) is 11.3. The van der Waals surface area contributed by atoms with Crippen LogP contribution in [0.25, 0.3) is 11.2 Å².